The molecule has 1 aromatic heterocycles. The zero-order valence-corrected chi connectivity index (χ0v) is 14.8. The predicted molar refractivity (Wildman–Crippen MR) is 95.2 cm³/mol. The summed E-state index contributed by atoms with van der Waals surface area (Å²) in [6, 6.07) is 2.76. The molecule has 6 heteroatoms. The van der Waals surface area contributed by atoms with Gasteiger partial charge in [0.15, 0.2) is 0 Å². The number of carbonyl (C=O) groups is 1. The van der Waals surface area contributed by atoms with Gasteiger partial charge in [0.25, 0.3) is 0 Å². The average Bonchev–Trinajstić information content (AvgIpc) is 3.30. The molecule has 1 amide bonds. The van der Waals surface area contributed by atoms with Gasteiger partial charge in [-0.1, -0.05) is 0 Å². The zero-order valence-electron chi connectivity index (χ0n) is 14.0. The molecule has 2 aliphatic heterocycles. The summed E-state index contributed by atoms with van der Waals surface area (Å²) in [5, 5.41) is 10.8. The van der Waals surface area contributed by atoms with Crippen molar-refractivity contribution in [1.82, 2.24) is 4.90 Å². The van der Waals surface area contributed by atoms with Gasteiger partial charge >= 0.3 is 0 Å². The highest BCUT2D eigenvalue weighted by atomic mass is 32.1. The normalized spacial score (nSPS) is 27.2. The minimum atomic E-state index is -0.185. The Morgan fingerprint density at radius 1 is 1.21 bits per heavy atom. The maximum Gasteiger partial charge on any atom is 0.234 e. The average molecular weight is 344 g/mol. The largest absolute Gasteiger partial charge is 0.368 e. The topological polar surface area (TPSA) is 73.4 Å². The van der Waals surface area contributed by atoms with Crippen LogP contribution in [0.4, 0.5) is 5.00 Å². The van der Waals surface area contributed by atoms with Gasteiger partial charge in [0, 0.05) is 24.0 Å². The number of amides is 1. The Balaban J connectivity index is 1.54. The molecule has 2 N–H and O–H groups in total. The molecule has 0 radical (unpaired) electrons. The number of carbonyl (C=O) groups excluding carboxylic acids is 1. The molecule has 0 aromatic carbocycles. The lowest BCUT2D eigenvalue weighted by Gasteiger charge is -2.28. The van der Waals surface area contributed by atoms with Crippen LogP contribution < -0.4 is 10.6 Å². The van der Waals surface area contributed by atoms with E-state index in [9.17, 15) is 10.1 Å². The van der Waals surface area contributed by atoms with Gasteiger partial charge in [-0.3, -0.25) is 9.69 Å². The third-order valence-electron chi connectivity index (χ3n) is 5.81. The third-order valence-corrected chi connectivity index (χ3v) is 7.16. The number of hydrogen-bond acceptors (Lipinski definition) is 5. The van der Waals surface area contributed by atoms with E-state index in [0.717, 1.165) is 57.3 Å². The molecular formula is C18H24N4OS. The van der Waals surface area contributed by atoms with E-state index in [4.69, 9.17) is 5.73 Å². The van der Waals surface area contributed by atoms with E-state index < -0.39 is 0 Å². The van der Waals surface area contributed by atoms with E-state index in [2.05, 4.69) is 15.9 Å². The minimum absolute atomic E-state index is 0.0954. The van der Waals surface area contributed by atoms with Crippen molar-refractivity contribution in [2.45, 2.75) is 57.0 Å². The van der Waals surface area contributed by atoms with E-state index >= 15 is 0 Å². The molecule has 128 valence electrons. The fourth-order valence-corrected chi connectivity index (χ4v) is 5.99. The van der Waals surface area contributed by atoms with Crippen molar-refractivity contribution in [2.24, 2.45) is 5.73 Å². The van der Waals surface area contributed by atoms with Crippen LogP contribution in [0, 0.1) is 11.3 Å². The zero-order chi connectivity index (χ0) is 16.7. The molecule has 1 aliphatic carbocycles. The first-order valence-electron chi connectivity index (χ1n) is 9.03. The summed E-state index contributed by atoms with van der Waals surface area (Å²) in [5.74, 6) is -0.185. The highest BCUT2D eigenvalue weighted by molar-refractivity contribution is 7.16. The summed E-state index contributed by atoms with van der Waals surface area (Å²) in [6.45, 7) is 2.86. The molecule has 0 unspecified atom stereocenters. The van der Waals surface area contributed by atoms with Crippen molar-refractivity contribution in [3.8, 4) is 6.07 Å². The highest BCUT2D eigenvalue weighted by Crippen LogP contribution is 2.41. The Bertz CT molecular complexity index is 692. The molecule has 2 saturated heterocycles. The first kappa shape index (κ1) is 15.9. The Morgan fingerprint density at radius 2 is 2.04 bits per heavy atom. The lowest BCUT2D eigenvalue weighted by molar-refractivity contribution is -0.122. The predicted octanol–water partition coefficient (Wildman–Crippen LogP) is 2.03. The van der Waals surface area contributed by atoms with Crippen LogP contribution in [0.3, 0.4) is 0 Å². The number of hydrogen-bond donors (Lipinski definition) is 1. The van der Waals surface area contributed by atoms with Gasteiger partial charge in [-0.25, -0.2) is 0 Å². The standard InChI is InChI=1S/C18H24N4OS/c19-10-14-13-4-1-2-6-16(13)24-18(14)21-9-7-12(11-21)22-8-3-5-15(22)17(20)23/h12,15H,1-9,11H2,(H2,20,23)/t12-,15-/m0/s1. The fraction of sp³-hybridized carbons (Fsp3) is 0.667. The van der Waals surface area contributed by atoms with Crippen molar-refractivity contribution in [3.63, 3.8) is 0 Å². The smallest absolute Gasteiger partial charge is 0.234 e. The van der Waals surface area contributed by atoms with E-state index in [1.807, 2.05) is 11.3 Å². The molecule has 3 heterocycles. The lowest BCUT2D eigenvalue weighted by atomic mass is 9.96. The second-order valence-corrected chi connectivity index (χ2v) is 8.27. The highest BCUT2D eigenvalue weighted by Gasteiger charge is 2.38. The molecule has 0 spiro atoms. The minimum Gasteiger partial charge on any atom is -0.368 e. The Hall–Kier alpha value is -1.58. The van der Waals surface area contributed by atoms with Crippen molar-refractivity contribution in [3.05, 3.63) is 16.0 Å². The number of primary amides is 1. The van der Waals surface area contributed by atoms with Crippen molar-refractivity contribution in [2.75, 3.05) is 24.5 Å². The number of nitrogens with two attached hydrogens (primary N) is 1. The summed E-state index contributed by atoms with van der Waals surface area (Å²) in [5.41, 5.74) is 7.81. The van der Waals surface area contributed by atoms with Crippen LogP contribution in [0.2, 0.25) is 0 Å². The SMILES string of the molecule is N#Cc1c(N2CC[C@H](N3CCC[C@H]3C(N)=O)C2)sc2c1CCCC2. The monoisotopic (exact) mass is 344 g/mol. The van der Waals surface area contributed by atoms with E-state index in [0.29, 0.717) is 6.04 Å². The van der Waals surface area contributed by atoms with Gasteiger partial charge in [0.1, 0.15) is 11.1 Å². The Labute approximate surface area is 147 Å². The summed E-state index contributed by atoms with van der Waals surface area (Å²) < 4.78 is 0. The number of fused-ring (bicyclic) bond motifs is 1. The number of nitrogens with zero attached hydrogens (tertiary/aromatic N) is 3. The second kappa shape index (κ2) is 6.38. The van der Waals surface area contributed by atoms with Crippen LogP contribution in [0.25, 0.3) is 0 Å². The number of anilines is 1. The molecule has 5 nitrogen and oxygen atoms in total. The molecule has 1 aromatic rings. The van der Waals surface area contributed by atoms with Crippen LogP contribution in [-0.2, 0) is 17.6 Å². The van der Waals surface area contributed by atoms with Crippen molar-refractivity contribution < 1.29 is 4.79 Å². The first-order valence-corrected chi connectivity index (χ1v) is 9.85. The maximum absolute atomic E-state index is 11.7. The van der Waals surface area contributed by atoms with Crippen molar-refractivity contribution >= 4 is 22.2 Å². The molecule has 4 rings (SSSR count). The van der Waals surface area contributed by atoms with Crippen LogP contribution in [-0.4, -0.2) is 42.5 Å². The Kier molecular flexibility index (Phi) is 4.23. The second-order valence-electron chi connectivity index (χ2n) is 7.19. The number of aryl methyl sites for hydroxylation is 1. The van der Waals surface area contributed by atoms with Crippen LogP contribution in [0.1, 0.15) is 48.1 Å². The Morgan fingerprint density at radius 3 is 2.83 bits per heavy atom. The van der Waals surface area contributed by atoms with Gasteiger partial charge < -0.3 is 10.6 Å². The van der Waals surface area contributed by atoms with E-state index in [1.54, 1.807) is 0 Å². The summed E-state index contributed by atoms with van der Waals surface area (Å²) in [4.78, 5) is 17.8. The molecule has 0 bridgehead atoms. The van der Waals surface area contributed by atoms with Crippen LogP contribution in [0.15, 0.2) is 0 Å². The van der Waals surface area contributed by atoms with Gasteiger partial charge in [0.2, 0.25) is 5.91 Å². The van der Waals surface area contributed by atoms with Crippen molar-refractivity contribution in [1.29, 1.82) is 5.26 Å². The van der Waals surface area contributed by atoms with Gasteiger partial charge in [-0.05, 0) is 57.1 Å². The van der Waals surface area contributed by atoms with E-state index in [1.165, 1.54) is 28.3 Å². The van der Waals surface area contributed by atoms with Gasteiger partial charge in [-0.15, -0.1) is 11.3 Å². The lowest BCUT2D eigenvalue weighted by Crippen LogP contribution is -2.47. The number of rotatable bonds is 3. The summed E-state index contributed by atoms with van der Waals surface area (Å²) in [6.07, 6.45) is 7.63. The number of thiophene rings is 1. The first-order chi connectivity index (χ1) is 11.7. The van der Waals surface area contributed by atoms with Crippen LogP contribution >= 0.6 is 11.3 Å². The molecule has 24 heavy (non-hydrogen) atoms. The summed E-state index contributed by atoms with van der Waals surface area (Å²) in [7, 11) is 0. The third kappa shape index (κ3) is 2.60. The van der Waals surface area contributed by atoms with E-state index in [-0.39, 0.29) is 11.9 Å². The summed E-state index contributed by atoms with van der Waals surface area (Å²) >= 11 is 1.83. The number of likely N-dealkylation sites (tertiary alicyclic amines) is 1. The molecule has 2 atom stereocenters. The molecule has 2 fully saturated rings. The maximum atomic E-state index is 11.7. The van der Waals surface area contributed by atoms with Gasteiger partial charge in [-0.2, -0.15) is 5.26 Å². The van der Waals surface area contributed by atoms with Gasteiger partial charge in [0.05, 0.1) is 11.6 Å². The van der Waals surface area contributed by atoms with Crippen LogP contribution in [0.5, 0.6) is 0 Å². The molecule has 0 saturated carbocycles. The quantitative estimate of drug-likeness (QED) is 0.910. The number of nitriles is 1. The fourth-order valence-electron chi connectivity index (χ4n) is 4.62. The molecule has 3 aliphatic rings. The molecular weight excluding hydrogens is 320 g/mol.